The summed E-state index contributed by atoms with van der Waals surface area (Å²) in [6.45, 7) is -0.150. The van der Waals surface area contributed by atoms with Crippen LogP contribution in [0.25, 0.3) is 0 Å². The monoisotopic (exact) mass is 252 g/mol. The number of carbonyl (C=O) groups is 2. The minimum atomic E-state index is -0.671. The summed E-state index contributed by atoms with van der Waals surface area (Å²) >= 11 is 0. The van der Waals surface area contributed by atoms with E-state index in [1.165, 1.54) is 32.1 Å². The number of Topliss-reactive ketones (excluding diaryl/α,β-unsaturated/α-hetero) is 1. The Morgan fingerprint density at radius 1 is 1.28 bits per heavy atom. The van der Waals surface area contributed by atoms with E-state index in [4.69, 9.17) is 0 Å². The van der Waals surface area contributed by atoms with Crippen molar-refractivity contribution in [1.82, 2.24) is 0 Å². The molecule has 1 saturated carbocycles. The van der Waals surface area contributed by atoms with Gasteiger partial charge in [0.15, 0.2) is 5.78 Å². The fraction of sp³-hybridized carbons (Fsp3) is 0.714. The van der Waals surface area contributed by atoms with E-state index in [1.807, 2.05) is 0 Å². The highest BCUT2D eigenvalue weighted by atomic mass is 16.5. The second-order valence-corrected chi connectivity index (χ2v) is 5.22. The molecule has 1 aliphatic carbocycles. The molecule has 0 bridgehead atoms. The van der Waals surface area contributed by atoms with Crippen LogP contribution >= 0.6 is 0 Å². The fourth-order valence-electron chi connectivity index (χ4n) is 2.82. The van der Waals surface area contributed by atoms with E-state index in [0.717, 1.165) is 18.8 Å². The Morgan fingerprint density at radius 2 is 2.00 bits per heavy atom. The summed E-state index contributed by atoms with van der Waals surface area (Å²) < 4.78 is 4.61. The lowest BCUT2D eigenvalue weighted by molar-refractivity contribution is -0.137. The van der Waals surface area contributed by atoms with Gasteiger partial charge in [0.25, 0.3) is 0 Å². The molecule has 1 N–H and O–H groups in total. The van der Waals surface area contributed by atoms with Crippen LogP contribution in [0.15, 0.2) is 11.3 Å². The zero-order chi connectivity index (χ0) is 13.0. The lowest BCUT2D eigenvalue weighted by Crippen LogP contribution is -2.12. The third-order valence-corrected chi connectivity index (χ3v) is 3.85. The Morgan fingerprint density at radius 3 is 2.61 bits per heavy atom. The van der Waals surface area contributed by atoms with Crippen molar-refractivity contribution in [3.05, 3.63) is 11.3 Å². The number of carbonyl (C=O) groups excluding carboxylic acids is 2. The molecular formula is C14H20O4. The van der Waals surface area contributed by atoms with Crippen LogP contribution in [0.2, 0.25) is 0 Å². The molecular weight excluding hydrogens is 232 g/mol. The van der Waals surface area contributed by atoms with Crippen LogP contribution < -0.4 is 0 Å². The lowest BCUT2D eigenvalue weighted by atomic mass is 9.85. The van der Waals surface area contributed by atoms with Crippen molar-refractivity contribution in [3.8, 4) is 0 Å². The highest BCUT2D eigenvalue weighted by Gasteiger charge is 2.30. The maximum atomic E-state index is 11.8. The smallest absolute Gasteiger partial charge is 0.345 e. The zero-order valence-corrected chi connectivity index (χ0v) is 10.6. The van der Waals surface area contributed by atoms with Crippen molar-refractivity contribution >= 4 is 11.8 Å². The molecule has 0 aromatic rings. The third-order valence-electron chi connectivity index (χ3n) is 3.85. The van der Waals surface area contributed by atoms with Gasteiger partial charge in [0.05, 0.1) is 0 Å². The van der Waals surface area contributed by atoms with Crippen molar-refractivity contribution in [2.75, 3.05) is 6.61 Å². The molecule has 0 saturated heterocycles. The van der Waals surface area contributed by atoms with Gasteiger partial charge in [0.1, 0.15) is 17.9 Å². The standard InChI is InChI=1S/C14H20O4/c15-11(13-12(16)9-18-14(13)17)8-4-7-10-5-2-1-3-6-10/h10,16H,1-9H2. The van der Waals surface area contributed by atoms with Gasteiger partial charge in [-0.1, -0.05) is 38.5 Å². The van der Waals surface area contributed by atoms with Gasteiger partial charge in [-0.3, -0.25) is 4.79 Å². The van der Waals surface area contributed by atoms with E-state index in [2.05, 4.69) is 4.74 Å². The molecule has 18 heavy (non-hydrogen) atoms. The van der Waals surface area contributed by atoms with Crippen LogP contribution in [0.5, 0.6) is 0 Å². The number of hydrogen-bond donors (Lipinski definition) is 1. The van der Waals surface area contributed by atoms with Gasteiger partial charge in [-0.25, -0.2) is 4.79 Å². The minimum Gasteiger partial charge on any atom is -0.508 e. The topological polar surface area (TPSA) is 63.6 Å². The molecule has 0 unspecified atom stereocenters. The van der Waals surface area contributed by atoms with Crippen LogP contribution in [0.4, 0.5) is 0 Å². The van der Waals surface area contributed by atoms with Gasteiger partial charge in [-0.2, -0.15) is 0 Å². The Labute approximate surface area is 107 Å². The molecule has 1 aliphatic heterocycles. The molecule has 100 valence electrons. The summed E-state index contributed by atoms with van der Waals surface area (Å²) in [5, 5.41) is 9.39. The Kier molecular flexibility index (Phi) is 4.39. The quantitative estimate of drug-likeness (QED) is 0.603. The Bertz CT molecular complexity index is 364. The van der Waals surface area contributed by atoms with E-state index in [0.29, 0.717) is 6.42 Å². The number of ketones is 1. The number of aliphatic hydroxyl groups is 1. The average Bonchev–Trinajstić information content (AvgIpc) is 2.70. The summed E-state index contributed by atoms with van der Waals surface area (Å²) in [6, 6.07) is 0. The van der Waals surface area contributed by atoms with Crippen molar-refractivity contribution < 1.29 is 19.4 Å². The molecule has 4 nitrogen and oxygen atoms in total. The van der Waals surface area contributed by atoms with Crippen molar-refractivity contribution in [3.63, 3.8) is 0 Å². The van der Waals surface area contributed by atoms with Gasteiger partial charge < -0.3 is 9.84 Å². The first-order valence-electron chi connectivity index (χ1n) is 6.81. The Hall–Kier alpha value is -1.32. The SMILES string of the molecule is O=C(CCCC1CCCCC1)C1=C(O)COC1=O. The van der Waals surface area contributed by atoms with Crippen LogP contribution in [0, 0.1) is 5.92 Å². The van der Waals surface area contributed by atoms with E-state index >= 15 is 0 Å². The second-order valence-electron chi connectivity index (χ2n) is 5.22. The largest absolute Gasteiger partial charge is 0.508 e. The van der Waals surface area contributed by atoms with Crippen LogP contribution in [0.3, 0.4) is 0 Å². The van der Waals surface area contributed by atoms with Crippen LogP contribution in [-0.2, 0) is 14.3 Å². The third kappa shape index (κ3) is 3.12. The van der Waals surface area contributed by atoms with Gasteiger partial charge in [-0.15, -0.1) is 0 Å². The summed E-state index contributed by atoms with van der Waals surface area (Å²) in [6.07, 6.45) is 8.66. The number of esters is 1. The number of cyclic esters (lactones) is 1. The van der Waals surface area contributed by atoms with Crippen molar-refractivity contribution in [2.45, 2.75) is 51.4 Å². The molecule has 4 heteroatoms. The van der Waals surface area contributed by atoms with Crippen LogP contribution in [-0.4, -0.2) is 23.5 Å². The minimum absolute atomic E-state index is 0.126. The van der Waals surface area contributed by atoms with Crippen molar-refractivity contribution in [1.29, 1.82) is 0 Å². The zero-order valence-electron chi connectivity index (χ0n) is 10.6. The normalized spacial score (nSPS) is 21.2. The molecule has 1 heterocycles. The molecule has 0 radical (unpaired) electrons. The first-order valence-corrected chi connectivity index (χ1v) is 6.81. The second kappa shape index (κ2) is 6.03. The van der Waals surface area contributed by atoms with Gasteiger partial charge in [-0.05, 0) is 12.3 Å². The lowest BCUT2D eigenvalue weighted by Gasteiger charge is -2.20. The highest BCUT2D eigenvalue weighted by molar-refractivity contribution is 6.18. The number of rotatable bonds is 5. The molecule has 2 aliphatic rings. The van der Waals surface area contributed by atoms with E-state index in [1.54, 1.807) is 0 Å². The number of aliphatic hydroxyl groups excluding tert-OH is 1. The molecule has 0 aromatic carbocycles. The van der Waals surface area contributed by atoms with Gasteiger partial charge in [0.2, 0.25) is 0 Å². The fourth-order valence-corrected chi connectivity index (χ4v) is 2.82. The first kappa shape index (κ1) is 13.1. The molecule has 0 aromatic heterocycles. The summed E-state index contributed by atoms with van der Waals surface area (Å²) in [5.41, 5.74) is -0.126. The maximum Gasteiger partial charge on any atom is 0.345 e. The van der Waals surface area contributed by atoms with Crippen LogP contribution in [0.1, 0.15) is 51.4 Å². The number of hydrogen-bond acceptors (Lipinski definition) is 4. The van der Waals surface area contributed by atoms with E-state index in [-0.39, 0.29) is 23.7 Å². The Balaban J connectivity index is 1.75. The molecule has 0 atom stereocenters. The number of ether oxygens (including phenoxy) is 1. The van der Waals surface area contributed by atoms with E-state index in [9.17, 15) is 14.7 Å². The molecule has 0 spiro atoms. The summed E-state index contributed by atoms with van der Waals surface area (Å²) in [4.78, 5) is 23.0. The summed E-state index contributed by atoms with van der Waals surface area (Å²) in [5.74, 6) is -0.409. The predicted molar refractivity (Wildman–Crippen MR) is 66.0 cm³/mol. The maximum absolute atomic E-state index is 11.8. The summed E-state index contributed by atoms with van der Waals surface area (Å²) in [7, 11) is 0. The molecule has 0 amide bonds. The first-order chi connectivity index (χ1) is 8.68. The van der Waals surface area contributed by atoms with Crippen molar-refractivity contribution in [2.24, 2.45) is 5.92 Å². The predicted octanol–water partition coefficient (Wildman–Crippen LogP) is 2.68. The van der Waals surface area contributed by atoms with Gasteiger partial charge >= 0.3 is 5.97 Å². The van der Waals surface area contributed by atoms with Gasteiger partial charge in [0, 0.05) is 6.42 Å². The highest BCUT2D eigenvalue weighted by Crippen LogP contribution is 2.28. The van der Waals surface area contributed by atoms with E-state index < -0.39 is 5.97 Å². The molecule has 2 rings (SSSR count). The average molecular weight is 252 g/mol. The molecule has 1 fully saturated rings.